The van der Waals surface area contributed by atoms with Crippen LogP contribution >= 0.6 is 22.9 Å². The molecule has 0 radical (unpaired) electrons. The second-order valence-corrected chi connectivity index (χ2v) is 3.65. The van der Waals surface area contributed by atoms with E-state index in [9.17, 15) is 4.79 Å². The van der Waals surface area contributed by atoms with Crippen molar-refractivity contribution in [2.45, 2.75) is 12.8 Å². The Bertz CT molecular complexity index is 232. The molecular weight excluding hydrogens is 285 g/mol. The third kappa shape index (κ3) is 3.02. The van der Waals surface area contributed by atoms with Crippen LogP contribution < -0.4 is 5.73 Å². The summed E-state index contributed by atoms with van der Waals surface area (Å²) in [5, 5.41) is 8.69. The predicted octanol–water partition coefficient (Wildman–Crippen LogP) is 1.08. The Labute approximate surface area is 90.5 Å². The average molecular weight is 297 g/mol. The molecule has 5 nitrogen and oxygen atoms in total. The van der Waals surface area contributed by atoms with Crippen LogP contribution in [0, 0.1) is 5.92 Å². The number of hydrogen-bond acceptors (Lipinski definition) is 2. The van der Waals surface area contributed by atoms with Gasteiger partial charge in [0.05, 0.1) is 22.9 Å². The smallest absolute Gasteiger partial charge is 0.407 e. The molecule has 0 bridgehead atoms. The van der Waals surface area contributed by atoms with Gasteiger partial charge in [0.15, 0.2) is 0 Å². The summed E-state index contributed by atoms with van der Waals surface area (Å²) in [5.41, 5.74) is 5.55. The van der Waals surface area contributed by atoms with Crippen LogP contribution in [0.5, 0.6) is 0 Å². The van der Waals surface area contributed by atoms with Crippen LogP contribution in [0.2, 0.25) is 0 Å². The van der Waals surface area contributed by atoms with Gasteiger partial charge < -0.3 is 15.7 Å². The lowest BCUT2D eigenvalue weighted by Crippen LogP contribution is -2.27. The fourth-order valence-corrected chi connectivity index (χ4v) is 1.70. The molecule has 1 fully saturated rings. The van der Waals surface area contributed by atoms with Crippen LogP contribution in [-0.2, 0) is 0 Å². The van der Waals surface area contributed by atoms with Crippen LogP contribution in [0.1, 0.15) is 12.8 Å². The quantitative estimate of drug-likeness (QED) is 0.455. The van der Waals surface area contributed by atoms with E-state index in [0.29, 0.717) is 31.3 Å². The minimum atomic E-state index is -0.840. The Hall–Kier alpha value is -0.530. The summed E-state index contributed by atoms with van der Waals surface area (Å²) in [6, 6.07) is 0. The van der Waals surface area contributed by atoms with Crippen molar-refractivity contribution in [2.75, 3.05) is 13.1 Å². The third-order valence-corrected chi connectivity index (χ3v) is 2.78. The first-order valence-electron chi connectivity index (χ1n) is 4.04. The Morgan fingerprint density at radius 1 is 1.77 bits per heavy atom. The van der Waals surface area contributed by atoms with Crippen molar-refractivity contribution in [3.8, 4) is 0 Å². The monoisotopic (exact) mass is 297 g/mol. The molecule has 1 saturated heterocycles. The average Bonchev–Trinajstić information content (AvgIpc) is 2.52. The number of carboxylic acid groups (broad SMARTS) is 1. The van der Waals surface area contributed by atoms with Crippen LogP contribution in [0.25, 0.3) is 0 Å². The zero-order valence-corrected chi connectivity index (χ0v) is 9.27. The first-order valence-corrected chi connectivity index (χ1v) is 5.01. The van der Waals surface area contributed by atoms with E-state index in [-0.39, 0.29) is 0 Å². The summed E-state index contributed by atoms with van der Waals surface area (Å²) in [7, 11) is 0. The lowest BCUT2D eigenvalue weighted by Gasteiger charge is -2.11. The number of nitrogens with two attached hydrogens (primary N) is 1. The van der Waals surface area contributed by atoms with E-state index in [1.807, 2.05) is 22.9 Å². The second-order valence-electron chi connectivity index (χ2n) is 3.16. The number of likely N-dealkylation sites (tertiary alicyclic amines) is 1. The Balaban J connectivity index is 2.37. The molecule has 0 aromatic carbocycles. The maximum atomic E-state index is 10.6. The number of rotatable bonds is 2. The standard InChI is InChI=1S/C7H12IN3O2/c8-10-6(9)3-5-1-2-11(4-5)7(12)13/h5H,1-4H2,(H2,9,10)(H,12,13). The topological polar surface area (TPSA) is 78.9 Å². The van der Waals surface area contributed by atoms with Crippen LogP contribution in [-0.4, -0.2) is 35.0 Å². The number of carbonyl (C=O) groups is 1. The maximum Gasteiger partial charge on any atom is 0.407 e. The molecule has 0 aromatic rings. The van der Waals surface area contributed by atoms with Gasteiger partial charge in [0, 0.05) is 19.5 Å². The van der Waals surface area contributed by atoms with Gasteiger partial charge in [0.2, 0.25) is 0 Å². The van der Waals surface area contributed by atoms with Gasteiger partial charge >= 0.3 is 6.09 Å². The molecule has 1 rings (SSSR count). The molecular formula is C7H12IN3O2. The molecule has 74 valence electrons. The minimum absolute atomic E-state index is 0.342. The lowest BCUT2D eigenvalue weighted by atomic mass is 10.1. The van der Waals surface area contributed by atoms with E-state index in [0.717, 1.165) is 6.42 Å². The fraction of sp³-hybridized carbons (Fsp3) is 0.714. The molecule has 1 aliphatic heterocycles. The van der Waals surface area contributed by atoms with Gasteiger partial charge in [-0.1, -0.05) is 0 Å². The van der Waals surface area contributed by atoms with Crippen molar-refractivity contribution in [1.82, 2.24) is 4.90 Å². The molecule has 1 amide bonds. The van der Waals surface area contributed by atoms with E-state index >= 15 is 0 Å². The van der Waals surface area contributed by atoms with Crippen LogP contribution in [0.3, 0.4) is 0 Å². The summed E-state index contributed by atoms with van der Waals surface area (Å²) in [6.07, 6.45) is 0.749. The predicted molar refractivity (Wildman–Crippen MR) is 58.0 cm³/mol. The molecule has 0 aromatic heterocycles. The highest BCUT2D eigenvalue weighted by atomic mass is 127. The molecule has 3 N–H and O–H groups in total. The first kappa shape index (κ1) is 10.6. The van der Waals surface area contributed by atoms with Gasteiger partial charge in [0.25, 0.3) is 0 Å². The van der Waals surface area contributed by atoms with Gasteiger partial charge in [0.1, 0.15) is 5.84 Å². The van der Waals surface area contributed by atoms with Crippen LogP contribution in [0.15, 0.2) is 3.21 Å². The van der Waals surface area contributed by atoms with Gasteiger partial charge in [-0.05, 0) is 12.3 Å². The minimum Gasteiger partial charge on any atom is -0.465 e. The number of nitrogens with zero attached hydrogens (tertiary/aromatic N) is 2. The van der Waals surface area contributed by atoms with Gasteiger partial charge in [-0.25, -0.2) is 8.00 Å². The number of amides is 1. The van der Waals surface area contributed by atoms with Crippen molar-refractivity contribution >= 4 is 34.8 Å². The Morgan fingerprint density at radius 2 is 2.46 bits per heavy atom. The zero-order valence-electron chi connectivity index (χ0n) is 7.11. The molecule has 1 aliphatic rings. The van der Waals surface area contributed by atoms with Gasteiger partial charge in [-0.15, -0.1) is 0 Å². The number of halogens is 1. The molecule has 1 heterocycles. The molecule has 0 saturated carbocycles. The highest BCUT2D eigenvalue weighted by Crippen LogP contribution is 2.19. The zero-order chi connectivity index (χ0) is 9.84. The first-order chi connectivity index (χ1) is 6.13. The van der Waals surface area contributed by atoms with E-state index < -0.39 is 6.09 Å². The summed E-state index contributed by atoms with van der Waals surface area (Å²) < 4.78 is 3.82. The normalized spacial score (nSPS) is 23.6. The van der Waals surface area contributed by atoms with E-state index in [1.165, 1.54) is 4.90 Å². The molecule has 1 unspecified atom stereocenters. The second kappa shape index (κ2) is 4.64. The Kier molecular flexibility index (Phi) is 3.76. The van der Waals surface area contributed by atoms with Crippen LogP contribution in [0.4, 0.5) is 4.79 Å². The molecule has 1 atom stereocenters. The maximum absolute atomic E-state index is 10.6. The summed E-state index contributed by atoms with van der Waals surface area (Å²) in [6.45, 7) is 1.21. The van der Waals surface area contributed by atoms with Crippen molar-refractivity contribution in [2.24, 2.45) is 14.9 Å². The van der Waals surface area contributed by atoms with E-state index in [2.05, 4.69) is 3.21 Å². The highest BCUT2D eigenvalue weighted by Gasteiger charge is 2.26. The van der Waals surface area contributed by atoms with Crippen molar-refractivity contribution in [3.63, 3.8) is 0 Å². The highest BCUT2D eigenvalue weighted by molar-refractivity contribution is 14.1. The summed E-state index contributed by atoms with van der Waals surface area (Å²) in [4.78, 5) is 12.0. The van der Waals surface area contributed by atoms with E-state index in [4.69, 9.17) is 10.8 Å². The third-order valence-electron chi connectivity index (χ3n) is 2.16. The summed E-state index contributed by atoms with van der Waals surface area (Å²) in [5.74, 6) is 0.937. The molecule has 13 heavy (non-hydrogen) atoms. The number of amidine groups is 1. The van der Waals surface area contributed by atoms with E-state index in [1.54, 1.807) is 0 Å². The number of hydrogen-bond donors (Lipinski definition) is 2. The SMILES string of the molecule is NC(CC1CCN(C(=O)O)C1)=NI. The largest absolute Gasteiger partial charge is 0.465 e. The molecule has 0 aliphatic carbocycles. The molecule has 0 spiro atoms. The fourth-order valence-electron chi connectivity index (χ4n) is 1.50. The van der Waals surface area contributed by atoms with Gasteiger partial charge in [-0.2, -0.15) is 0 Å². The Morgan fingerprint density at radius 3 is 2.92 bits per heavy atom. The summed E-state index contributed by atoms with van der Waals surface area (Å²) >= 11 is 1.85. The van der Waals surface area contributed by atoms with Crippen molar-refractivity contribution < 1.29 is 9.90 Å². The lowest BCUT2D eigenvalue weighted by molar-refractivity contribution is 0.154. The van der Waals surface area contributed by atoms with Crippen molar-refractivity contribution in [1.29, 1.82) is 0 Å². The van der Waals surface area contributed by atoms with Gasteiger partial charge in [-0.3, -0.25) is 0 Å². The van der Waals surface area contributed by atoms with Crippen molar-refractivity contribution in [3.05, 3.63) is 0 Å². The molecule has 6 heteroatoms.